The molecule has 0 amide bonds. The van der Waals surface area contributed by atoms with Crippen LogP contribution < -0.4 is 0 Å². The number of fused-ring (bicyclic) bond motifs is 6. The van der Waals surface area contributed by atoms with Crippen molar-refractivity contribution in [3.63, 3.8) is 0 Å². The van der Waals surface area contributed by atoms with Crippen LogP contribution >= 0.6 is 15.9 Å². The van der Waals surface area contributed by atoms with E-state index in [9.17, 15) is 0 Å². The van der Waals surface area contributed by atoms with Crippen LogP contribution in [0.4, 0.5) is 0 Å². The van der Waals surface area contributed by atoms with Gasteiger partial charge in [-0.1, -0.05) is 76.6 Å². The number of benzene rings is 4. The third-order valence-electron chi connectivity index (χ3n) is 5.34. The number of furan rings is 1. The van der Waals surface area contributed by atoms with Gasteiger partial charge in [-0.3, -0.25) is 0 Å². The van der Waals surface area contributed by atoms with Gasteiger partial charge in [0, 0.05) is 20.8 Å². The zero-order valence-electron chi connectivity index (χ0n) is 15.3. The first-order valence-corrected chi connectivity index (χ1v) is 10.2. The van der Waals surface area contributed by atoms with E-state index in [4.69, 9.17) is 9.40 Å². The second-order valence-electron chi connectivity index (χ2n) is 7.07. The molecule has 3 nitrogen and oxygen atoms in total. The van der Waals surface area contributed by atoms with Crippen molar-refractivity contribution in [3.05, 3.63) is 89.4 Å². The molecule has 29 heavy (non-hydrogen) atoms. The molecule has 0 aliphatic heterocycles. The quantitative estimate of drug-likeness (QED) is 0.283. The number of hydrogen-bond acceptors (Lipinski definition) is 2. The number of hydrogen-bond donors (Lipinski definition) is 1. The van der Waals surface area contributed by atoms with Crippen LogP contribution in [0.2, 0.25) is 0 Å². The molecule has 0 aliphatic carbocycles. The minimum atomic E-state index is 0.729. The summed E-state index contributed by atoms with van der Waals surface area (Å²) >= 11 is 3.47. The number of H-pyrrole nitrogens is 1. The molecule has 0 atom stereocenters. The van der Waals surface area contributed by atoms with Crippen LogP contribution in [-0.4, -0.2) is 9.97 Å². The highest BCUT2D eigenvalue weighted by Gasteiger charge is 2.15. The van der Waals surface area contributed by atoms with Gasteiger partial charge in [0.2, 0.25) is 0 Å². The Labute approximate surface area is 175 Å². The standard InChI is InChI=1S/C25H15BrN2O/c26-16-11-9-15(10-12-16)21-13-14-22(29-21)25-27-23-19-7-3-1-5-17(19)18-6-2-4-8-20(18)24(23)28-25/h1-14H,(H,27,28). The Morgan fingerprint density at radius 2 is 1.28 bits per heavy atom. The van der Waals surface area contributed by atoms with Crippen molar-refractivity contribution >= 4 is 48.5 Å². The van der Waals surface area contributed by atoms with Crippen molar-refractivity contribution < 1.29 is 4.42 Å². The maximum atomic E-state index is 6.14. The molecule has 1 N–H and O–H groups in total. The molecule has 0 radical (unpaired) electrons. The van der Waals surface area contributed by atoms with Crippen LogP contribution in [0.1, 0.15) is 0 Å². The number of halogens is 1. The van der Waals surface area contributed by atoms with Gasteiger partial charge in [-0.2, -0.15) is 0 Å². The van der Waals surface area contributed by atoms with Gasteiger partial charge < -0.3 is 9.40 Å². The van der Waals surface area contributed by atoms with Crippen molar-refractivity contribution in [2.75, 3.05) is 0 Å². The summed E-state index contributed by atoms with van der Waals surface area (Å²) in [5.74, 6) is 2.29. The lowest BCUT2D eigenvalue weighted by atomic mass is 10.0. The number of rotatable bonds is 2. The molecular weight excluding hydrogens is 424 g/mol. The summed E-state index contributed by atoms with van der Waals surface area (Å²) in [6.07, 6.45) is 0. The molecule has 0 spiro atoms. The molecule has 138 valence electrons. The van der Waals surface area contributed by atoms with Gasteiger partial charge in [0.25, 0.3) is 0 Å². The van der Waals surface area contributed by atoms with Gasteiger partial charge in [-0.05, 0) is 35.0 Å². The maximum Gasteiger partial charge on any atom is 0.174 e. The van der Waals surface area contributed by atoms with Crippen LogP contribution in [0.3, 0.4) is 0 Å². The minimum Gasteiger partial charge on any atom is -0.453 e. The van der Waals surface area contributed by atoms with Crippen LogP contribution in [-0.2, 0) is 0 Å². The summed E-state index contributed by atoms with van der Waals surface area (Å²) in [5.41, 5.74) is 3.04. The van der Waals surface area contributed by atoms with E-state index >= 15 is 0 Å². The molecular formula is C25H15BrN2O. The van der Waals surface area contributed by atoms with Crippen molar-refractivity contribution in [2.24, 2.45) is 0 Å². The Hall–Kier alpha value is -3.37. The first-order valence-electron chi connectivity index (χ1n) is 9.43. The second kappa shape index (κ2) is 6.33. The number of aromatic nitrogens is 2. The summed E-state index contributed by atoms with van der Waals surface area (Å²) in [5, 5.41) is 4.74. The second-order valence-corrected chi connectivity index (χ2v) is 7.99. The average molecular weight is 439 g/mol. The lowest BCUT2D eigenvalue weighted by Gasteiger charge is -2.05. The summed E-state index contributed by atoms with van der Waals surface area (Å²) in [7, 11) is 0. The van der Waals surface area contributed by atoms with Gasteiger partial charge in [-0.15, -0.1) is 0 Å². The normalized spacial score (nSPS) is 11.6. The van der Waals surface area contributed by atoms with Crippen molar-refractivity contribution in [2.45, 2.75) is 0 Å². The fraction of sp³-hybridized carbons (Fsp3) is 0. The van der Waals surface area contributed by atoms with Gasteiger partial charge in [-0.25, -0.2) is 4.98 Å². The van der Waals surface area contributed by atoms with E-state index in [1.807, 2.05) is 36.4 Å². The highest BCUT2D eigenvalue weighted by Crippen LogP contribution is 2.36. The zero-order valence-corrected chi connectivity index (χ0v) is 16.9. The Bertz CT molecular complexity index is 1440. The molecule has 2 heterocycles. The molecule has 0 saturated carbocycles. The van der Waals surface area contributed by atoms with Crippen LogP contribution in [0.15, 0.2) is 93.8 Å². The van der Waals surface area contributed by atoms with Gasteiger partial charge in [0.05, 0.1) is 11.0 Å². The molecule has 0 fully saturated rings. The summed E-state index contributed by atoms with van der Waals surface area (Å²) in [6.45, 7) is 0. The van der Waals surface area contributed by atoms with Gasteiger partial charge in [0.15, 0.2) is 11.6 Å². The van der Waals surface area contributed by atoms with E-state index in [2.05, 4.69) is 69.4 Å². The van der Waals surface area contributed by atoms with Gasteiger partial charge in [0.1, 0.15) is 5.76 Å². The fourth-order valence-corrected chi connectivity index (χ4v) is 4.24. The van der Waals surface area contributed by atoms with E-state index < -0.39 is 0 Å². The lowest BCUT2D eigenvalue weighted by molar-refractivity contribution is 0.593. The molecule has 2 aromatic heterocycles. The van der Waals surface area contributed by atoms with E-state index in [0.29, 0.717) is 0 Å². The zero-order chi connectivity index (χ0) is 19.4. The predicted octanol–water partition coefficient (Wildman–Crippen LogP) is 7.56. The number of nitrogens with one attached hydrogen (secondary N) is 1. The summed E-state index contributed by atoms with van der Waals surface area (Å²) in [6, 6.07) is 28.9. The Morgan fingerprint density at radius 1 is 0.655 bits per heavy atom. The maximum absolute atomic E-state index is 6.14. The molecule has 0 aliphatic rings. The van der Waals surface area contributed by atoms with Crippen molar-refractivity contribution in [1.82, 2.24) is 9.97 Å². The predicted molar refractivity (Wildman–Crippen MR) is 122 cm³/mol. The van der Waals surface area contributed by atoms with E-state index in [1.54, 1.807) is 0 Å². The van der Waals surface area contributed by atoms with Crippen molar-refractivity contribution in [1.29, 1.82) is 0 Å². The third-order valence-corrected chi connectivity index (χ3v) is 5.87. The van der Waals surface area contributed by atoms with Gasteiger partial charge >= 0.3 is 0 Å². The molecule has 6 aromatic rings. The Kier molecular flexibility index (Phi) is 3.61. The van der Waals surface area contributed by atoms with Crippen LogP contribution in [0.5, 0.6) is 0 Å². The highest BCUT2D eigenvalue weighted by atomic mass is 79.9. The third kappa shape index (κ3) is 2.60. The first kappa shape index (κ1) is 16.6. The van der Waals surface area contributed by atoms with E-state index in [0.717, 1.165) is 43.8 Å². The summed E-state index contributed by atoms with van der Waals surface area (Å²) < 4.78 is 7.19. The Morgan fingerprint density at radius 3 is 2.03 bits per heavy atom. The largest absolute Gasteiger partial charge is 0.453 e. The van der Waals surface area contributed by atoms with Crippen LogP contribution in [0.25, 0.3) is 55.5 Å². The number of imidazole rings is 1. The number of aromatic amines is 1. The monoisotopic (exact) mass is 438 g/mol. The topological polar surface area (TPSA) is 41.8 Å². The molecule has 0 unspecified atom stereocenters. The SMILES string of the molecule is Brc1ccc(-c2ccc(-c3nc4c5ccccc5c5ccccc5c4[nH]3)o2)cc1. The van der Waals surface area contributed by atoms with E-state index in [1.165, 1.54) is 16.2 Å². The van der Waals surface area contributed by atoms with Crippen LogP contribution in [0, 0.1) is 0 Å². The van der Waals surface area contributed by atoms with E-state index in [-0.39, 0.29) is 0 Å². The summed E-state index contributed by atoms with van der Waals surface area (Å²) in [4.78, 5) is 8.43. The molecule has 6 rings (SSSR count). The molecule has 0 saturated heterocycles. The fourth-order valence-electron chi connectivity index (χ4n) is 3.97. The first-order chi connectivity index (χ1) is 14.3. The molecule has 4 heteroatoms. The smallest absolute Gasteiger partial charge is 0.174 e. The highest BCUT2D eigenvalue weighted by molar-refractivity contribution is 9.10. The average Bonchev–Trinajstić information content (AvgIpc) is 3.42. The van der Waals surface area contributed by atoms with Crippen molar-refractivity contribution in [3.8, 4) is 22.9 Å². The number of nitrogens with zero attached hydrogens (tertiary/aromatic N) is 1. The molecule has 4 aromatic carbocycles. The lowest BCUT2D eigenvalue weighted by Crippen LogP contribution is -1.81. The minimum absolute atomic E-state index is 0.729. The Balaban J connectivity index is 1.58. The molecule has 0 bridgehead atoms.